The van der Waals surface area contributed by atoms with Gasteiger partial charge >= 0.3 is 11.9 Å². The van der Waals surface area contributed by atoms with Crippen LogP contribution in [0.15, 0.2) is 24.3 Å². The molecule has 1 unspecified atom stereocenters. The second-order valence-electron chi connectivity index (χ2n) is 9.94. The highest BCUT2D eigenvalue weighted by Gasteiger charge is 2.14. The molecule has 0 aromatic rings. The predicted molar refractivity (Wildman–Crippen MR) is 149 cm³/mol. The van der Waals surface area contributed by atoms with Crippen LogP contribution in [0, 0.1) is 0 Å². The lowest BCUT2D eigenvalue weighted by molar-refractivity contribution is -0.150. The molecule has 4 nitrogen and oxygen atoms in total. The Morgan fingerprint density at radius 3 is 1.74 bits per heavy atom. The zero-order valence-corrected chi connectivity index (χ0v) is 23.1. The summed E-state index contributed by atoms with van der Waals surface area (Å²) in [6, 6.07) is 0. The molecule has 35 heavy (non-hydrogen) atoms. The molecule has 1 atom stereocenters. The van der Waals surface area contributed by atoms with Crippen molar-refractivity contribution >= 4 is 11.9 Å². The Bertz CT molecular complexity index is 538. The molecular weight excluding hydrogens is 436 g/mol. The van der Waals surface area contributed by atoms with E-state index in [4.69, 9.17) is 9.84 Å². The average Bonchev–Trinajstić information content (AvgIpc) is 2.83. The van der Waals surface area contributed by atoms with Crippen LogP contribution in [0.4, 0.5) is 0 Å². The molecular formula is C31H56O4. The number of carbonyl (C=O) groups excluding carboxylic acids is 1. The summed E-state index contributed by atoms with van der Waals surface area (Å²) in [5.74, 6) is -0.790. The van der Waals surface area contributed by atoms with Crippen LogP contribution in [0.25, 0.3) is 0 Å². The van der Waals surface area contributed by atoms with Crippen molar-refractivity contribution in [3.63, 3.8) is 0 Å². The van der Waals surface area contributed by atoms with Crippen molar-refractivity contribution in [2.24, 2.45) is 0 Å². The molecule has 0 aliphatic rings. The van der Waals surface area contributed by atoms with Gasteiger partial charge in [-0.05, 0) is 70.6 Å². The Kier molecular flexibility index (Phi) is 25.8. The van der Waals surface area contributed by atoms with Crippen LogP contribution >= 0.6 is 0 Å². The van der Waals surface area contributed by atoms with E-state index in [1.54, 1.807) is 0 Å². The summed E-state index contributed by atoms with van der Waals surface area (Å²) >= 11 is 0. The number of ether oxygens (including phenoxy) is 1. The van der Waals surface area contributed by atoms with E-state index >= 15 is 0 Å². The average molecular weight is 493 g/mol. The minimum absolute atomic E-state index is 0.00145. The van der Waals surface area contributed by atoms with E-state index in [9.17, 15) is 9.59 Å². The van der Waals surface area contributed by atoms with E-state index in [0.717, 1.165) is 70.6 Å². The third-order valence-corrected chi connectivity index (χ3v) is 6.43. The van der Waals surface area contributed by atoms with E-state index in [1.807, 2.05) is 0 Å². The summed E-state index contributed by atoms with van der Waals surface area (Å²) in [6.45, 7) is 4.43. The first-order valence-corrected chi connectivity index (χ1v) is 14.8. The SMILES string of the molecule is CCCCCC/C=C\C/C=C\CCCCCCCC(=O)OC(CCCCC)CCCCCC(=O)O. The van der Waals surface area contributed by atoms with Gasteiger partial charge in [0.15, 0.2) is 0 Å². The van der Waals surface area contributed by atoms with Gasteiger partial charge in [-0.25, -0.2) is 0 Å². The van der Waals surface area contributed by atoms with Gasteiger partial charge in [0.25, 0.3) is 0 Å². The zero-order valence-electron chi connectivity index (χ0n) is 23.1. The summed E-state index contributed by atoms with van der Waals surface area (Å²) in [5.41, 5.74) is 0. The third-order valence-electron chi connectivity index (χ3n) is 6.43. The lowest BCUT2D eigenvalue weighted by Gasteiger charge is -2.18. The van der Waals surface area contributed by atoms with E-state index in [0.29, 0.717) is 12.8 Å². The van der Waals surface area contributed by atoms with E-state index in [1.165, 1.54) is 51.4 Å². The molecule has 0 amide bonds. The summed E-state index contributed by atoms with van der Waals surface area (Å²) in [5, 5.41) is 8.75. The maximum absolute atomic E-state index is 12.3. The number of carboxylic acid groups (broad SMARTS) is 1. The van der Waals surface area contributed by atoms with Gasteiger partial charge in [-0.1, -0.05) is 95.9 Å². The van der Waals surface area contributed by atoms with Crippen molar-refractivity contribution < 1.29 is 19.4 Å². The number of unbranched alkanes of at least 4 members (excludes halogenated alkanes) is 13. The van der Waals surface area contributed by atoms with Crippen LogP contribution in [-0.4, -0.2) is 23.1 Å². The minimum Gasteiger partial charge on any atom is -0.481 e. The molecule has 0 heterocycles. The maximum Gasteiger partial charge on any atom is 0.306 e. The van der Waals surface area contributed by atoms with Crippen LogP contribution in [0.1, 0.15) is 155 Å². The third kappa shape index (κ3) is 26.9. The molecule has 0 bridgehead atoms. The Balaban J connectivity index is 3.76. The second-order valence-corrected chi connectivity index (χ2v) is 9.94. The van der Waals surface area contributed by atoms with Gasteiger partial charge in [0.05, 0.1) is 0 Å². The number of carboxylic acids is 1. The lowest BCUT2D eigenvalue weighted by atomic mass is 10.0. The van der Waals surface area contributed by atoms with E-state index < -0.39 is 5.97 Å². The van der Waals surface area contributed by atoms with Gasteiger partial charge in [0, 0.05) is 12.8 Å². The van der Waals surface area contributed by atoms with Crippen LogP contribution in [0.5, 0.6) is 0 Å². The quantitative estimate of drug-likeness (QED) is 0.0741. The van der Waals surface area contributed by atoms with E-state index in [2.05, 4.69) is 38.2 Å². The van der Waals surface area contributed by atoms with Crippen LogP contribution in [0.3, 0.4) is 0 Å². The van der Waals surface area contributed by atoms with E-state index in [-0.39, 0.29) is 18.5 Å². The number of carbonyl (C=O) groups is 2. The largest absolute Gasteiger partial charge is 0.481 e. The lowest BCUT2D eigenvalue weighted by Crippen LogP contribution is -2.18. The molecule has 1 N–H and O–H groups in total. The second kappa shape index (κ2) is 27.0. The molecule has 0 saturated heterocycles. The normalized spacial score (nSPS) is 12.5. The molecule has 0 aliphatic heterocycles. The molecule has 0 saturated carbocycles. The fourth-order valence-corrected chi connectivity index (χ4v) is 4.21. The molecule has 0 aliphatic carbocycles. The van der Waals surface area contributed by atoms with Crippen molar-refractivity contribution in [3.8, 4) is 0 Å². The van der Waals surface area contributed by atoms with Crippen LogP contribution in [-0.2, 0) is 14.3 Å². The summed E-state index contributed by atoms with van der Waals surface area (Å²) < 4.78 is 5.78. The first-order valence-electron chi connectivity index (χ1n) is 14.8. The summed E-state index contributed by atoms with van der Waals surface area (Å²) in [7, 11) is 0. The summed E-state index contributed by atoms with van der Waals surface area (Å²) in [6.07, 6.45) is 32.1. The Labute approximate surface area is 217 Å². The minimum atomic E-state index is -0.733. The van der Waals surface area contributed by atoms with Crippen molar-refractivity contribution in [1.82, 2.24) is 0 Å². The number of esters is 1. The molecule has 0 aromatic carbocycles. The molecule has 4 heteroatoms. The molecule has 0 fully saturated rings. The smallest absolute Gasteiger partial charge is 0.306 e. The fraction of sp³-hybridized carbons (Fsp3) is 0.806. The van der Waals surface area contributed by atoms with Gasteiger partial charge in [-0.2, -0.15) is 0 Å². The number of hydrogen-bond donors (Lipinski definition) is 1. The van der Waals surface area contributed by atoms with Gasteiger partial charge in [0.1, 0.15) is 6.10 Å². The molecule has 0 radical (unpaired) electrons. The van der Waals surface area contributed by atoms with Crippen molar-refractivity contribution in [3.05, 3.63) is 24.3 Å². The molecule has 0 rings (SSSR count). The Morgan fingerprint density at radius 1 is 0.629 bits per heavy atom. The van der Waals surface area contributed by atoms with Crippen molar-refractivity contribution in [2.75, 3.05) is 0 Å². The topological polar surface area (TPSA) is 63.6 Å². The zero-order chi connectivity index (χ0) is 25.8. The number of rotatable bonds is 26. The van der Waals surface area contributed by atoms with Gasteiger partial charge in [0.2, 0.25) is 0 Å². The van der Waals surface area contributed by atoms with Crippen LogP contribution < -0.4 is 0 Å². The Morgan fingerprint density at radius 2 is 1.11 bits per heavy atom. The number of aliphatic carboxylic acids is 1. The highest BCUT2D eigenvalue weighted by molar-refractivity contribution is 5.69. The van der Waals surface area contributed by atoms with Gasteiger partial charge in [-0.3, -0.25) is 9.59 Å². The monoisotopic (exact) mass is 492 g/mol. The number of allylic oxidation sites excluding steroid dienone is 4. The first-order chi connectivity index (χ1) is 17.1. The molecule has 0 spiro atoms. The van der Waals surface area contributed by atoms with Crippen LogP contribution in [0.2, 0.25) is 0 Å². The standard InChI is InChI=1S/C31H56O4/c1-3-5-7-8-9-10-11-12-13-14-15-16-17-18-19-24-28-31(34)35-29(25-21-6-4-2)26-22-20-23-27-30(32)33/h10-11,13-14,29H,3-9,12,15-28H2,1-2H3,(H,32,33)/b11-10-,14-13-. The number of hydrogen-bond acceptors (Lipinski definition) is 3. The highest BCUT2D eigenvalue weighted by atomic mass is 16.5. The van der Waals surface area contributed by atoms with Crippen molar-refractivity contribution in [2.45, 2.75) is 161 Å². The highest BCUT2D eigenvalue weighted by Crippen LogP contribution is 2.17. The maximum atomic E-state index is 12.3. The first kappa shape index (κ1) is 33.4. The predicted octanol–water partition coefficient (Wildman–Crippen LogP) is 9.72. The Hall–Kier alpha value is -1.58. The molecule has 204 valence electrons. The van der Waals surface area contributed by atoms with Gasteiger partial charge < -0.3 is 9.84 Å². The van der Waals surface area contributed by atoms with Crippen molar-refractivity contribution in [1.29, 1.82) is 0 Å². The summed E-state index contributed by atoms with van der Waals surface area (Å²) in [4.78, 5) is 22.9. The van der Waals surface area contributed by atoms with Gasteiger partial charge in [-0.15, -0.1) is 0 Å². The molecule has 0 aromatic heterocycles. The fourth-order valence-electron chi connectivity index (χ4n) is 4.21.